The molecule has 2 aromatic carbocycles. The minimum Gasteiger partial charge on any atom is -0.496 e. The zero-order valence-electron chi connectivity index (χ0n) is 24.3. The molecule has 0 spiro atoms. The highest BCUT2D eigenvalue weighted by Crippen LogP contribution is 2.29. The zero-order valence-corrected chi connectivity index (χ0v) is 24.3. The molecule has 0 aliphatic carbocycles. The zero-order chi connectivity index (χ0) is 31.0. The molecule has 1 atom stereocenters. The number of aliphatic carboxylic acids is 1. The van der Waals surface area contributed by atoms with E-state index in [4.69, 9.17) is 9.47 Å². The molecule has 0 radical (unpaired) electrons. The molecule has 2 heterocycles. The summed E-state index contributed by atoms with van der Waals surface area (Å²) in [7, 11) is 2.79. The molecule has 13 heteroatoms. The number of nitrogens with zero attached hydrogens (tertiary/aromatic N) is 2. The van der Waals surface area contributed by atoms with Gasteiger partial charge < -0.3 is 35.5 Å². The number of likely N-dealkylation sites (tertiary alicyclic amines) is 1. The summed E-state index contributed by atoms with van der Waals surface area (Å²) >= 11 is 0. The van der Waals surface area contributed by atoms with Gasteiger partial charge in [0.15, 0.2) is 0 Å². The molecule has 0 bridgehead atoms. The molecule has 228 valence electrons. The van der Waals surface area contributed by atoms with Gasteiger partial charge in [-0.1, -0.05) is 36.4 Å². The topological polar surface area (TPSA) is 175 Å². The number of carboxylic acid groups (broad SMARTS) is 1. The number of rotatable bonds is 11. The molecule has 3 amide bonds. The molecule has 1 unspecified atom stereocenters. The van der Waals surface area contributed by atoms with Crippen LogP contribution in [0.2, 0.25) is 0 Å². The smallest absolute Gasteiger partial charge is 0.346 e. The second-order valence-electron chi connectivity index (χ2n) is 10.6. The van der Waals surface area contributed by atoms with Crippen LogP contribution in [0.3, 0.4) is 0 Å². The van der Waals surface area contributed by atoms with Crippen LogP contribution in [0.15, 0.2) is 59.5 Å². The summed E-state index contributed by atoms with van der Waals surface area (Å²) in [6.45, 7) is 4.31. The SMILES string of the molecule is COc1cccc(OC)c1C(=O)Nc1nc(=O)[nH]cc1CC(NC(=O)NC1(C)CCN(Cc2ccccc2)CC1)C(=O)O. The predicted octanol–water partition coefficient (Wildman–Crippen LogP) is 2.39. The fraction of sp³-hybridized carbons (Fsp3) is 0.367. The maximum atomic E-state index is 13.2. The van der Waals surface area contributed by atoms with Gasteiger partial charge >= 0.3 is 17.7 Å². The number of aromatic nitrogens is 2. The molecule has 1 aliphatic heterocycles. The molecule has 5 N–H and O–H groups in total. The van der Waals surface area contributed by atoms with Crippen LogP contribution in [-0.2, 0) is 17.8 Å². The van der Waals surface area contributed by atoms with Gasteiger partial charge in [-0.3, -0.25) is 9.69 Å². The average Bonchev–Trinajstić information content (AvgIpc) is 2.99. The van der Waals surface area contributed by atoms with E-state index in [1.54, 1.807) is 18.2 Å². The highest BCUT2D eigenvalue weighted by atomic mass is 16.5. The normalized spacial score (nSPS) is 15.1. The van der Waals surface area contributed by atoms with Crippen LogP contribution >= 0.6 is 0 Å². The van der Waals surface area contributed by atoms with Crippen molar-refractivity contribution in [3.8, 4) is 11.5 Å². The molecule has 1 aliphatic rings. The molecule has 1 fully saturated rings. The van der Waals surface area contributed by atoms with Gasteiger partial charge in [0.2, 0.25) is 0 Å². The van der Waals surface area contributed by atoms with Crippen LogP contribution in [0.4, 0.5) is 10.6 Å². The average molecular weight is 593 g/mol. The number of ether oxygens (including phenoxy) is 2. The van der Waals surface area contributed by atoms with Crippen molar-refractivity contribution in [2.75, 3.05) is 32.6 Å². The number of carboxylic acids is 1. The Morgan fingerprint density at radius 2 is 1.70 bits per heavy atom. The number of nitrogens with one attached hydrogen (secondary N) is 4. The number of anilines is 1. The van der Waals surface area contributed by atoms with Crippen molar-refractivity contribution in [2.45, 2.75) is 44.3 Å². The number of H-pyrrole nitrogens is 1. The molecule has 1 aromatic heterocycles. The quantitative estimate of drug-likeness (QED) is 0.224. The highest BCUT2D eigenvalue weighted by molar-refractivity contribution is 6.08. The van der Waals surface area contributed by atoms with E-state index in [1.807, 2.05) is 25.1 Å². The third-order valence-electron chi connectivity index (χ3n) is 7.43. The first-order chi connectivity index (χ1) is 20.6. The van der Waals surface area contributed by atoms with E-state index in [-0.39, 0.29) is 34.9 Å². The number of carbonyl (C=O) groups is 3. The lowest BCUT2D eigenvalue weighted by Gasteiger charge is -2.40. The van der Waals surface area contributed by atoms with E-state index in [9.17, 15) is 24.3 Å². The van der Waals surface area contributed by atoms with Crippen molar-refractivity contribution in [1.82, 2.24) is 25.5 Å². The van der Waals surface area contributed by atoms with Gasteiger partial charge in [-0.25, -0.2) is 14.4 Å². The van der Waals surface area contributed by atoms with Crippen LogP contribution in [0.25, 0.3) is 0 Å². The molecule has 4 rings (SSSR count). The molecular weight excluding hydrogens is 556 g/mol. The molecule has 3 aromatic rings. The maximum absolute atomic E-state index is 13.2. The van der Waals surface area contributed by atoms with E-state index >= 15 is 0 Å². The summed E-state index contributed by atoms with van der Waals surface area (Å²) in [5.41, 5.74) is 0.198. The Bertz CT molecular complexity index is 1480. The highest BCUT2D eigenvalue weighted by Gasteiger charge is 2.33. The number of methoxy groups -OCH3 is 2. The van der Waals surface area contributed by atoms with Gasteiger partial charge in [-0.2, -0.15) is 4.98 Å². The van der Waals surface area contributed by atoms with Crippen molar-refractivity contribution < 1.29 is 29.0 Å². The second-order valence-corrected chi connectivity index (χ2v) is 10.6. The van der Waals surface area contributed by atoms with Crippen molar-refractivity contribution in [1.29, 1.82) is 0 Å². The van der Waals surface area contributed by atoms with Crippen LogP contribution in [0.5, 0.6) is 11.5 Å². The maximum Gasteiger partial charge on any atom is 0.346 e. The van der Waals surface area contributed by atoms with Gasteiger partial charge in [-0.05, 0) is 37.5 Å². The molecular formula is C30H36N6O7. The Kier molecular flexibility index (Phi) is 9.99. The lowest BCUT2D eigenvalue weighted by molar-refractivity contribution is -0.139. The van der Waals surface area contributed by atoms with Gasteiger partial charge in [0.25, 0.3) is 5.91 Å². The van der Waals surface area contributed by atoms with Crippen LogP contribution in [0.1, 0.15) is 41.3 Å². The van der Waals surface area contributed by atoms with Crippen molar-refractivity contribution >= 4 is 23.7 Å². The first-order valence-electron chi connectivity index (χ1n) is 13.8. The van der Waals surface area contributed by atoms with Crippen LogP contribution < -0.4 is 31.1 Å². The van der Waals surface area contributed by atoms with Crippen molar-refractivity contribution in [3.63, 3.8) is 0 Å². The summed E-state index contributed by atoms with van der Waals surface area (Å²) in [4.78, 5) is 58.9. The second kappa shape index (κ2) is 13.8. The summed E-state index contributed by atoms with van der Waals surface area (Å²) < 4.78 is 10.6. The Balaban J connectivity index is 1.41. The predicted molar refractivity (Wildman–Crippen MR) is 159 cm³/mol. The molecule has 43 heavy (non-hydrogen) atoms. The third kappa shape index (κ3) is 8.10. The summed E-state index contributed by atoms with van der Waals surface area (Å²) in [5, 5.41) is 17.9. The first-order valence-corrected chi connectivity index (χ1v) is 13.8. The summed E-state index contributed by atoms with van der Waals surface area (Å²) in [5.74, 6) is -1.69. The molecule has 1 saturated heterocycles. The number of aromatic amines is 1. The van der Waals surface area contributed by atoms with Crippen LogP contribution in [0, 0.1) is 0 Å². The van der Waals surface area contributed by atoms with Crippen molar-refractivity contribution in [3.05, 3.63) is 81.9 Å². The van der Waals surface area contributed by atoms with Gasteiger partial charge in [-0.15, -0.1) is 0 Å². The fourth-order valence-corrected chi connectivity index (χ4v) is 4.99. The number of piperidine rings is 1. The summed E-state index contributed by atoms with van der Waals surface area (Å²) in [6.07, 6.45) is 2.37. The number of benzene rings is 2. The number of amides is 3. The Morgan fingerprint density at radius 3 is 2.30 bits per heavy atom. The van der Waals surface area contributed by atoms with Gasteiger partial charge in [0, 0.05) is 43.4 Å². The first kappa shape index (κ1) is 31.0. The van der Waals surface area contributed by atoms with E-state index in [0.29, 0.717) is 12.8 Å². The summed E-state index contributed by atoms with van der Waals surface area (Å²) in [6, 6.07) is 12.9. The van der Waals surface area contributed by atoms with E-state index in [1.165, 1.54) is 26.0 Å². The number of carbonyl (C=O) groups excluding carboxylic acids is 2. The third-order valence-corrected chi connectivity index (χ3v) is 7.43. The van der Waals surface area contributed by atoms with E-state index in [2.05, 4.69) is 43.0 Å². The van der Waals surface area contributed by atoms with Gasteiger partial charge in [0.05, 0.1) is 14.2 Å². The fourth-order valence-electron chi connectivity index (χ4n) is 4.99. The van der Waals surface area contributed by atoms with E-state index in [0.717, 1.165) is 19.6 Å². The minimum atomic E-state index is -1.38. The van der Waals surface area contributed by atoms with E-state index < -0.39 is 35.2 Å². The number of hydrogen-bond acceptors (Lipinski definition) is 8. The van der Waals surface area contributed by atoms with Crippen LogP contribution in [-0.4, -0.2) is 76.8 Å². The Labute approximate surface area is 248 Å². The lowest BCUT2D eigenvalue weighted by Crippen LogP contribution is -2.57. The monoisotopic (exact) mass is 592 g/mol. The van der Waals surface area contributed by atoms with Gasteiger partial charge in [0.1, 0.15) is 28.9 Å². The molecule has 13 nitrogen and oxygen atoms in total. The lowest BCUT2D eigenvalue weighted by atomic mass is 9.89. The number of urea groups is 1. The number of hydrogen-bond donors (Lipinski definition) is 5. The largest absolute Gasteiger partial charge is 0.496 e. The Morgan fingerprint density at radius 1 is 1.05 bits per heavy atom. The standard InChI is InChI=1S/C30H36N6O7/c1-30(12-14-36(15-13-30)18-19-8-5-4-6-9-19)35-29(41)32-21(27(38)39)16-20-17-31-28(40)34-25(20)33-26(37)24-22(42-2)10-7-11-23(24)43-3/h4-11,17,21H,12-16,18H2,1-3H3,(H,38,39)(H2,32,35,41)(H2,31,33,34,37,40). The van der Waals surface area contributed by atoms with Crippen molar-refractivity contribution in [2.24, 2.45) is 0 Å². The minimum absolute atomic E-state index is 0.0656. The Hall–Kier alpha value is -4.91. The molecule has 0 saturated carbocycles.